The van der Waals surface area contributed by atoms with Gasteiger partial charge in [0.05, 0.1) is 12.0 Å². The number of amides is 2. The summed E-state index contributed by atoms with van der Waals surface area (Å²) in [5, 5.41) is 11.8. The molecule has 1 aliphatic rings. The molecule has 0 radical (unpaired) electrons. The molecule has 6 heteroatoms. The van der Waals surface area contributed by atoms with Crippen molar-refractivity contribution in [2.75, 3.05) is 13.1 Å². The highest BCUT2D eigenvalue weighted by Gasteiger charge is 2.27. The summed E-state index contributed by atoms with van der Waals surface area (Å²) in [6.45, 7) is 2.88. The van der Waals surface area contributed by atoms with E-state index < -0.39 is 5.97 Å². The Bertz CT molecular complexity index is 470. The Labute approximate surface area is 117 Å². The molecule has 20 heavy (non-hydrogen) atoms. The fourth-order valence-electron chi connectivity index (χ4n) is 2.32. The minimum Gasteiger partial charge on any atom is -0.481 e. The lowest BCUT2D eigenvalue weighted by Gasteiger charge is -2.31. The molecule has 1 aliphatic heterocycles. The van der Waals surface area contributed by atoms with E-state index in [1.54, 1.807) is 17.3 Å². The third-order valence-electron chi connectivity index (χ3n) is 3.66. The summed E-state index contributed by atoms with van der Waals surface area (Å²) in [5.41, 5.74) is 0.946. The van der Waals surface area contributed by atoms with Gasteiger partial charge in [-0.1, -0.05) is 6.07 Å². The molecule has 1 aromatic heterocycles. The minimum absolute atomic E-state index is 0.117. The van der Waals surface area contributed by atoms with Crippen molar-refractivity contribution in [2.24, 2.45) is 5.92 Å². The van der Waals surface area contributed by atoms with Crippen molar-refractivity contribution in [1.29, 1.82) is 0 Å². The number of aliphatic carboxylic acids is 1. The van der Waals surface area contributed by atoms with Crippen LogP contribution in [0.1, 0.15) is 31.4 Å². The number of hydrogen-bond donors (Lipinski definition) is 2. The first kappa shape index (κ1) is 14.3. The predicted molar refractivity (Wildman–Crippen MR) is 73.1 cm³/mol. The van der Waals surface area contributed by atoms with Crippen LogP contribution in [-0.2, 0) is 4.79 Å². The third-order valence-corrected chi connectivity index (χ3v) is 3.66. The van der Waals surface area contributed by atoms with Gasteiger partial charge in [0.25, 0.3) is 0 Å². The Hall–Kier alpha value is -2.11. The number of aromatic nitrogens is 1. The zero-order chi connectivity index (χ0) is 14.5. The summed E-state index contributed by atoms with van der Waals surface area (Å²) in [7, 11) is 0. The number of rotatable bonds is 3. The zero-order valence-corrected chi connectivity index (χ0v) is 11.5. The van der Waals surface area contributed by atoms with Gasteiger partial charge in [0.2, 0.25) is 0 Å². The van der Waals surface area contributed by atoms with E-state index >= 15 is 0 Å². The van der Waals surface area contributed by atoms with E-state index in [1.807, 2.05) is 19.1 Å². The summed E-state index contributed by atoms with van der Waals surface area (Å²) in [6, 6.07) is 3.48. The van der Waals surface area contributed by atoms with E-state index in [4.69, 9.17) is 5.11 Å². The number of carbonyl (C=O) groups is 2. The number of carbonyl (C=O) groups excluding carboxylic acids is 1. The molecule has 0 aromatic carbocycles. The van der Waals surface area contributed by atoms with Gasteiger partial charge in [-0.3, -0.25) is 9.78 Å². The highest BCUT2D eigenvalue weighted by Crippen LogP contribution is 2.18. The van der Waals surface area contributed by atoms with E-state index in [9.17, 15) is 9.59 Å². The maximum Gasteiger partial charge on any atom is 0.317 e. The van der Waals surface area contributed by atoms with E-state index in [2.05, 4.69) is 10.3 Å². The quantitative estimate of drug-likeness (QED) is 0.880. The van der Waals surface area contributed by atoms with Gasteiger partial charge in [0.1, 0.15) is 0 Å². The largest absolute Gasteiger partial charge is 0.481 e. The molecule has 2 heterocycles. The number of pyridine rings is 1. The van der Waals surface area contributed by atoms with Gasteiger partial charge in [0, 0.05) is 25.5 Å². The number of nitrogens with zero attached hydrogens (tertiary/aromatic N) is 2. The number of piperidine rings is 1. The average Bonchev–Trinajstić information content (AvgIpc) is 2.48. The van der Waals surface area contributed by atoms with E-state index in [1.165, 1.54) is 0 Å². The summed E-state index contributed by atoms with van der Waals surface area (Å²) in [4.78, 5) is 28.7. The van der Waals surface area contributed by atoms with Gasteiger partial charge in [-0.05, 0) is 31.4 Å². The molecule has 1 aromatic rings. The molecule has 2 amide bonds. The first-order valence-electron chi connectivity index (χ1n) is 6.76. The molecular formula is C14H19N3O3. The number of hydrogen-bond acceptors (Lipinski definition) is 3. The minimum atomic E-state index is -0.770. The molecule has 2 rings (SSSR count). The molecule has 0 saturated carbocycles. The van der Waals surface area contributed by atoms with Crippen LogP contribution in [0.4, 0.5) is 4.79 Å². The van der Waals surface area contributed by atoms with Gasteiger partial charge < -0.3 is 15.3 Å². The topological polar surface area (TPSA) is 82.5 Å². The Morgan fingerprint density at radius 2 is 2.15 bits per heavy atom. The second-order valence-corrected chi connectivity index (χ2v) is 5.06. The number of carboxylic acid groups (broad SMARTS) is 1. The predicted octanol–water partition coefficient (Wildman–Crippen LogP) is 1.65. The van der Waals surface area contributed by atoms with Crippen molar-refractivity contribution in [3.8, 4) is 0 Å². The lowest BCUT2D eigenvalue weighted by atomic mass is 9.97. The van der Waals surface area contributed by atoms with Gasteiger partial charge >= 0.3 is 12.0 Å². The van der Waals surface area contributed by atoms with Crippen LogP contribution in [-0.4, -0.2) is 40.1 Å². The number of carboxylic acids is 1. The van der Waals surface area contributed by atoms with Crippen LogP contribution in [0.3, 0.4) is 0 Å². The van der Waals surface area contributed by atoms with Crippen LogP contribution in [0.25, 0.3) is 0 Å². The van der Waals surface area contributed by atoms with Crippen molar-refractivity contribution < 1.29 is 14.7 Å². The van der Waals surface area contributed by atoms with Crippen LogP contribution >= 0.6 is 0 Å². The van der Waals surface area contributed by atoms with Gasteiger partial charge in [-0.2, -0.15) is 0 Å². The summed E-state index contributed by atoms with van der Waals surface area (Å²) < 4.78 is 0. The van der Waals surface area contributed by atoms with Gasteiger partial charge in [0.15, 0.2) is 0 Å². The Kier molecular flexibility index (Phi) is 4.55. The fourth-order valence-corrected chi connectivity index (χ4v) is 2.32. The van der Waals surface area contributed by atoms with Crippen molar-refractivity contribution in [3.63, 3.8) is 0 Å². The first-order chi connectivity index (χ1) is 9.58. The molecule has 0 aliphatic carbocycles. The molecule has 6 nitrogen and oxygen atoms in total. The normalized spacial score (nSPS) is 17.6. The SMILES string of the molecule is CC(NC(=O)N1CCC(C(=O)O)CC1)c1cccnc1. The van der Waals surface area contributed by atoms with E-state index in [0.29, 0.717) is 25.9 Å². The first-order valence-corrected chi connectivity index (χ1v) is 6.76. The average molecular weight is 277 g/mol. The third kappa shape index (κ3) is 3.46. The number of urea groups is 1. The molecule has 0 bridgehead atoms. The van der Waals surface area contributed by atoms with Crippen LogP contribution < -0.4 is 5.32 Å². The Morgan fingerprint density at radius 3 is 2.70 bits per heavy atom. The maximum absolute atomic E-state index is 12.1. The Morgan fingerprint density at radius 1 is 1.45 bits per heavy atom. The lowest BCUT2D eigenvalue weighted by molar-refractivity contribution is -0.143. The highest BCUT2D eigenvalue weighted by molar-refractivity contribution is 5.75. The van der Waals surface area contributed by atoms with Crippen molar-refractivity contribution in [1.82, 2.24) is 15.2 Å². The van der Waals surface area contributed by atoms with Crippen LogP contribution in [0.5, 0.6) is 0 Å². The molecule has 1 unspecified atom stereocenters. The summed E-state index contributed by atoms with van der Waals surface area (Å²) >= 11 is 0. The molecule has 108 valence electrons. The molecule has 1 atom stereocenters. The second kappa shape index (κ2) is 6.36. The van der Waals surface area contributed by atoms with Crippen LogP contribution in [0.2, 0.25) is 0 Å². The fraction of sp³-hybridized carbons (Fsp3) is 0.500. The molecule has 2 N–H and O–H groups in total. The summed E-state index contributed by atoms with van der Waals surface area (Å²) in [6.07, 6.45) is 4.45. The molecular weight excluding hydrogens is 258 g/mol. The zero-order valence-electron chi connectivity index (χ0n) is 11.5. The monoisotopic (exact) mass is 277 g/mol. The van der Waals surface area contributed by atoms with Crippen molar-refractivity contribution in [3.05, 3.63) is 30.1 Å². The number of likely N-dealkylation sites (tertiary alicyclic amines) is 1. The Balaban J connectivity index is 1.85. The maximum atomic E-state index is 12.1. The molecule has 1 saturated heterocycles. The van der Waals surface area contributed by atoms with Gasteiger partial charge in [-0.15, -0.1) is 0 Å². The van der Waals surface area contributed by atoms with E-state index in [-0.39, 0.29) is 18.0 Å². The standard InChI is InChI=1S/C14H19N3O3/c1-10(12-3-2-6-15-9-12)16-14(20)17-7-4-11(5-8-17)13(18)19/h2-3,6,9-11H,4-5,7-8H2,1H3,(H,16,20)(H,18,19). The van der Waals surface area contributed by atoms with Crippen LogP contribution in [0.15, 0.2) is 24.5 Å². The molecule has 0 spiro atoms. The van der Waals surface area contributed by atoms with Gasteiger partial charge in [-0.25, -0.2) is 4.79 Å². The second-order valence-electron chi connectivity index (χ2n) is 5.06. The molecule has 1 fully saturated rings. The number of nitrogens with one attached hydrogen (secondary N) is 1. The van der Waals surface area contributed by atoms with Crippen molar-refractivity contribution >= 4 is 12.0 Å². The van der Waals surface area contributed by atoms with Crippen molar-refractivity contribution in [2.45, 2.75) is 25.8 Å². The lowest BCUT2D eigenvalue weighted by Crippen LogP contribution is -2.46. The van der Waals surface area contributed by atoms with E-state index in [0.717, 1.165) is 5.56 Å². The summed E-state index contributed by atoms with van der Waals surface area (Å²) in [5.74, 6) is -1.09. The smallest absolute Gasteiger partial charge is 0.317 e. The highest BCUT2D eigenvalue weighted by atomic mass is 16.4. The van der Waals surface area contributed by atoms with Crippen LogP contribution in [0, 0.1) is 5.92 Å².